The Kier molecular flexibility index (Phi) is 4.02. The highest BCUT2D eigenvalue weighted by Crippen LogP contribution is 2.13. The minimum absolute atomic E-state index is 0.613. The lowest BCUT2D eigenvalue weighted by molar-refractivity contribution is 0.133. The Morgan fingerprint density at radius 2 is 2.05 bits per heavy atom. The molecule has 0 aliphatic rings. The van der Waals surface area contributed by atoms with Crippen LogP contribution in [0.25, 0.3) is 5.65 Å². The van der Waals surface area contributed by atoms with Crippen molar-refractivity contribution in [2.24, 2.45) is 0 Å². The minimum atomic E-state index is 0.613. The molecule has 7 heteroatoms. The summed E-state index contributed by atoms with van der Waals surface area (Å²) in [6.07, 6.45) is 3.32. The summed E-state index contributed by atoms with van der Waals surface area (Å²) in [6.45, 7) is 3.96. The Bertz CT molecular complexity index is 726. The van der Waals surface area contributed by atoms with Crippen LogP contribution in [0.15, 0.2) is 36.7 Å². The molecule has 108 valence electrons. The van der Waals surface area contributed by atoms with Gasteiger partial charge in [0.2, 0.25) is 0 Å². The standard InChI is InChI=1S/C14H16N6O/c1-2-21-10-12-6-4-3-5-11(12)7-16-13-8-15-9-14-17-18-19-20(13)14/h3-6,8-9,16H,2,7,10H2,1H3. The first-order valence-corrected chi connectivity index (χ1v) is 6.79. The van der Waals surface area contributed by atoms with E-state index in [1.54, 1.807) is 16.9 Å². The largest absolute Gasteiger partial charge is 0.377 e. The average Bonchev–Trinajstić information content (AvgIpc) is 3.01. The van der Waals surface area contributed by atoms with Crippen molar-refractivity contribution in [2.75, 3.05) is 11.9 Å². The zero-order valence-electron chi connectivity index (χ0n) is 11.7. The molecule has 3 aromatic rings. The van der Waals surface area contributed by atoms with Gasteiger partial charge in [-0.3, -0.25) is 4.98 Å². The lowest BCUT2D eigenvalue weighted by Crippen LogP contribution is -2.08. The number of hydrogen-bond acceptors (Lipinski definition) is 6. The van der Waals surface area contributed by atoms with Crippen molar-refractivity contribution in [3.05, 3.63) is 47.8 Å². The molecule has 0 radical (unpaired) electrons. The Morgan fingerprint density at radius 1 is 1.19 bits per heavy atom. The van der Waals surface area contributed by atoms with E-state index in [4.69, 9.17) is 4.74 Å². The molecular weight excluding hydrogens is 268 g/mol. The van der Waals surface area contributed by atoms with Gasteiger partial charge in [-0.1, -0.05) is 24.3 Å². The Hall–Kier alpha value is -2.54. The molecule has 0 atom stereocenters. The summed E-state index contributed by atoms with van der Waals surface area (Å²) in [5.41, 5.74) is 2.96. The quantitative estimate of drug-likeness (QED) is 0.742. The summed E-state index contributed by atoms with van der Waals surface area (Å²) in [6, 6.07) is 8.18. The summed E-state index contributed by atoms with van der Waals surface area (Å²) in [5.74, 6) is 0.753. The first-order valence-electron chi connectivity index (χ1n) is 6.79. The Morgan fingerprint density at radius 3 is 2.90 bits per heavy atom. The average molecular weight is 284 g/mol. The van der Waals surface area contributed by atoms with Crippen LogP contribution in [0.3, 0.4) is 0 Å². The van der Waals surface area contributed by atoms with E-state index in [2.05, 4.69) is 38.0 Å². The molecule has 7 nitrogen and oxygen atoms in total. The first kappa shape index (κ1) is 13.4. The van der Waals surface area contributed by atoms with Crippen molar-refractivity contribution in [1.29, 1.82) is 0 Å². The number of anilines is 1. The van der Waals surface area contributed by atoms with Crippen LogP contribution < -0.4 is 5.32 Å². The van der Waals surface area contributed by atoms with Gasteiger partial charge in [0.15, 0.2) is 11.5 Å². The number of aromatic nitrogens is 5. The zero-order valence-corrected chi connectivity index (χ0v) is 11.7. The monoisotopic (exact) mass is 284 g/mol. The van der Waals surface area contributed by atoms with Gasteiger partial charge in [0.25, 0.3) is 0 Å². The van der Waals surface area contributed by atoms with E-state index in [1.807, 2.05) is 19.1 Å². The highest BCUT2D eigenvalue weighted by molar-refractivity contribution is 5.44. The molecule has 3 rings (SSSR count). The van der Waals surface area contributed by atoms with Gasteiger partial charge in [-0.05, 0) is 28.5 Å². The van der Waals surface area contributed by atoms with Gasteiger partial charge in [0.05, 0.1) is 19.0 Å². The molecule has 1 N–H and O–H groups in total. The second-order valence-corrected chi connectivity index (χ2v) is 4.50. The molecule has 0 amide bonds. The topological polar surface area (TPSA) is 77.2 Å². The molecule has 2 aromatic heterocycles. The van der Waals surface area contributed by atoms with Crippen molar-refractivity contribution in [2.45, 2.75) is 20.1 Å². The predicted molar refractivity (Wildman–Crippen MR) is 77.7 cm³/mol. The minimum Gasteiger partial charge on any atom is -0.377 e. The maximum atomic E-state index is 5.49. The number of fused-ring (bicyclic) bond motifs is 1. The van der Waals surface area contributed by atoms with Gasteiger partial charge in [-0.2, -0.15) is 4.52 Å². The summed E-state index contributed by atoms with van der Waals surface area (Å²) in [5, 5.41) is 14.8. The highest BCUT2D eigenvalue weighted by Gasteiger charge is 2.05. The molecule has 0 fully saturated rings. The maximum Gasteiger partial charge on any atom is 0.199 e. The fourth-order valence-electron chi connectivity index (χ4n) is 2.06. The van der Waals surface area contributed by atoms with Crippen LogP contribution in [-0.4, -0.2) is 31.6 Å². The summed E-state index contributed by atoms with van der Waals surface area (Å²) in [7, 11) is 0. The Balaban J connectivity index is 1.77. The van der Waals surface area contributed by atoms with Crippen LogP contribution in [0.2, 0.25) is 0 Å². The van der Waals surface area contributed by atoms with Gasteiger partial charge in [0.1, 0.15) is 0 Å². The molecule has 2 heterocycles. The number of tetrazole rings is 1. The summed E-state index contributed by atoms with van der Waals surface area (Å²) < 4.78 is 7.12. The smallest absolute Gasteiger partial charge is 0.199 e. The molecule has 0 saturated carbocycles. The lowest BCUT2D eigenvalue weighted by Gasteiger charge is -2.11. The second-order valence-electron chi connectivity index (χ2n) is 4.50. The molecule has 1 aromatic carbocycles. The van der Waals surface area contributed by atoms with E-state index in [9.17, 15) is 0 Å². The van der Waals surface area contributed by atoms with Crippen molar-refractivity contribution in [1.82, 2.24) is 25.0 Å². The van der Waals surface area contributed by atoms with E-state index in [0.29, 0.717) is 25.4 Å². The predicted octanol–water partition coefficient (Wildman–Crippen LogP) is 1.67. The van der Waals surface area contributed by atoms with E-state index in [0.717, 1.165) is 5.82 Å². The van der Waals surface area contributed by atoms with Gasteiger partial charge in [-0.25, -0.2) is 0 Å². The molecule has 0 bridgehead atoms. The van der Waals surface area contributed by atoms with E-state index >= 15 is 0 Å². The third kappa shape index (κ3) is 2.97. The van der Waals surface area contributed by atoms with Gasteiger partial charge in [0, 0.05) is 13.2 Å². The third-order valence-corrected chi connectivity index (χ3v) is 3.15. The molecule has 0 aliphatic carbocycles. The number of nitrogens with one attached hydrogen (secondary N) is 1. The number of nitrogens with zero attached hydrogens (tertiary/aromatic N) is 5. The molecule has 0 aliphatic heterocycles. The van der Waals surface area contributed by atoms with E-state index in [-0.39, 0.29) is 0 Å². The van der Waals surface area contributed by atoms with Crippen LogP contribution in [-0.2, 0) is 17.9 Å². The normalized spacial score (nSPS) is 10.9. The van der Waals surface area contributed by atoms with Crippen molar-refractivity contribution < 1.29 is 4.74 Å². The van der Waals surface area contributed by atoms with Crippen LogP contribution in [0.5, 0.6) is 0 Å². The molecular formula is C14H16N6O. The number of hydrogen-bond donors (Lipinski definition) is 1. The van der Waals surface area contributed by atoms with Crippen molar-refractivity contribution in [3.8, 4) is 0 Å². The SMILES string of the molecule is CCOCc1ccccc1CNc1cncc2nnnn12. The second kappa shape index (κ2) is 6.27. The van der Waals surface area contributed by atoms with Crippen LogP contribution in [0.4, 0.5) is 5.82 Å². The summed E-state index contributed by atoms with van der Waals surface area (Å²) in [4.78, 5) is 4.12. The van der Waals surface area contributed by atoms with Crippen molar-refractivity contribution >= 4 is 11.5 Å². The van der Waals surface area contributed by atoms with Crippen LogP contribution in [0, 0.1) is 0 Å². The fraction of sp³-hybridized carbons (Fsp3) is 0.286. The van der Waals surface area contributed by atoms with Gasteiger partial charge in [-0.15, -0.1) is 5.10 Å². The molecule has 0 saturated heterocycles. The summed E-state index contributed by atoms with van der Waals surface area (Å²) >= 11 is 0. The molecule has 0 spiro atoms. The van der Waals surface area contributed by atoms with Gasteiger partial charge >= 0.3 is 0 Å². The van der Waals surface area contributed by atoms with Crippen LogP contribution in [0.1, 0.15) is 18.1 Å². The van der Waals surface area contributed by atoms with Crippen LogP contribution >= 0.6 is 0 Å². The Labute approximate surface area is 122 Å². The van der Waals surface area contributed by atoms with E-state index < -0.39 is 0 Å². The highest BCUT2D eigenvalue weighted by atomic mass is 16.5. The fourth-order valence-corrected chi connectivity index (χ4v) is 2.06. The van der Waals surface area contributed by atoms with Gasteiger partial charge < -0.3 is 10.1 Å². The number of rotatable bonds is 6. The zero-order chi connectivity index (χ0) is 14.5. The molecule has 0 unspecified atom stereocenters. The van der Waals surface area contributed by atoms with E-state index in [1.165, 1.54) is 11.1 Å². The lowest BCUT2D eigenvalue weighted by atomic mass is 10.1. The first-order chi connectivity index (χ1) is 10.4. The molecule has 21 heavy (non-hydrogen) atoms. The van der Waals surface area contributed by atoms with Crippen molar-refractivity contribution in [3.63, 3.8) is 0 Å². The number of benzene rings is 1. The number of ether oxygens (including phenoxy) is 1. The maximum absolute atomic E-state index is 5.49. The third-order valence-electron chi connectivity index (χ3n) is 3.15.